The number of anilines is 1. The quantitative estimate of drug-likeness (QED) is 0.435. The van der Waals surface area contributed by atoms with Crippen LogP contribution in [-0.4, -0.2) is 62.8 Å². The second kappa shape index (κ2) is 10.4. The molecule has 5 rings (SSSR count). The molecule has 3 aromatic rings. The largest absolute Gasteiger partial charge is 0.481 e. The molecule has 2 fully saturated rings. The number of urea groups is 1. The smallest absolute Gasteiger partial charge is 0.319 e. The number of imidazole rings is 1. The van der Waals surface area contributed by atoms with Gasteiger partial charge < -0.3 is 30.0 Å². The van der Waals surface area contributed by atoms with Crippen molar-refractivity contribution in [1.29, 1.82) is 0 Å². The van der Waals surface area contributed by atoms with Crippen LogP contribution < -0.4 is 10.6 Å². The summed E-state index contributed by atoms with van der Waals surface area (Å²) in [5.74, 6) is -0.908. The molecule has 0 radical (unpaired) electrons. The molecule has 11 heteroatoms. The van der Waals surface area contributed by atoms with Crippen LogP contribution in [0.2, 0.25) is 0 Å². The number of nitrogens with one attached hydrogen (secondary N) is 2. The van der Waals surface area contributed by atoms with Gasteiger partial charge in [0.25, 0.3) is 0 Å². The monoisotopic (exact) mass is 493 g/mol. The molecule has 1 aromatic carbocycles. The third kappa shape index (κ3) is 4.94. The molecule has 0 bridgehead atoms. The maximum absolute atomic E-state index is 12.0. The first-order chi connectivity index (χ1) is 17.5. The number of carboxylic acids is 1. The number of nitrogens with zero attached hydrogens (tertiary/aromatic N) is 3. The number of rotatable bonds is 8. The molecule has 5 atom stereocenters. The highest BCUT2D eigenvalue weighted by Crippen LogP contribution is 2.42. The first-order valence-electron chi connectivity index (χ1n) is 11.8. The van der Waals surface area contributed by atoms with Crippen LogP contribution in [0.4, 0.5) is 10.5 Å². The van der Waals surface area contributed by atoms with Crippen molar-refractivity contribution in [2.45, 2.75) is 50.6 Å². The maximum atomic E-state index is 12.0. The second-order valence-corrected chi connectivity index (χ2v) is 8.50. The SMILES string of the molecule is CCNC(=O)Nc1ccnc2c1ncn2[C@@H]1O[C@H](CCC(=O)O)C2O[C@H](/C=C/c3ccccc3)O[C@@H]21. The van der Waals surface area contributed by atoms with Gasteiger partial charge in [-0.1, -0.05) is 36.4 Å². The number of fused-ring (bicyclic) bond motifs is 2. The second-order valence-electron chi connectivity index (χ2n) is 8.50. The number of ether oxygens (including phenoxy) is 3. The van der Waals surface area contributed by atoms with Gasteiger partial charge in [-0.3, -0.25) is 9.36 Å². The molecule has 2 aliphatic rings. The Bertz CT molecular complexity index is 1260. The topological polar surface area (TPSA) is 137 Å². The van der Waals surface area contributed by atoms with E-state index in [1.807, 2.05) is 49.4 Å². The molecule has 0 spiro atoms. The minimum atomic E-state index is -0.908. The Morgan fingerprint density at radius 3 is 2.69 bits per heavy atom. The molecule has 3 N–H and O–H groups in total. The summed E-state index contributed by atoms with van der Waals surface area (Å²) in [7, 11) is 0. The van der Waals surface area contributed by atoms with Gasteiger partial charge >= 0.3 is 12.0 Å². The van der Waals surface area contributed by atoms with E-state index in [4.69, 9.17) is 14.2 Å². The number of pyridine rings is 1. The molecule has 0 aliphatic carbocycles. The number of benzene rings is 1. The van der Waals surface area contributed by atoms with Crippen LogP contribution in [0.3, 0.4) is 0 Å². The van der Waals surface area contributed by atoms with E-state index in [0.29, 0.717) is 23.4 Å². The van der Waals surface area contributed by atoms with Crippen LogP contribution in [0.25, 0.3) is 17.2 Å². The van der Waals surface area contributed by atoms with Crippen LogP contribution in [0.1, 0.15) is 31.6 Å². The number of carbonyl (C=O) groups is 2. The Labute approximate surface area is 207 Å². The van der Waals surface area contributed by atoms with Crippen LogP contribution in [0, 0.1) is 0 Å². The molecule has 2 saturated heterocycles. The van der Waals surface area contributed by atoms with Gasteiger partial charge in [-0.2, -0.15) is 0 Å². The zero-order valence-corrected chi connectivity index (χ0v) is 19.6. The fourth-order valence-corrected chi connectivity index (χ4v) is 4.47. The van der Waals surface area contributed by atoms with Gasteiger partial charge in [0.1, 0.15) is 17.7 Å². The number of aliphatic carboxylic acids is 1. The normalized spacial score (nSPS) is 25.3. The number of carboxylic acid groups (broad SMARTS) is 1. The van der Waals surface area contributed by atoms with Crippen molar-refractivity contribution >= 4 is 34.9 Å². The van der Waals surface area contributed by atoms with E-state index in [1.165, 1.54) is 0 Å². The van der Waals surface area contributed by atoms with Crippen molar-refractivity contribution in [3.8, 4) is 0 Å². The van der Waals surface area contributed by atoms with E-state index >= 15 is 0 Å². The van der Waals surface area contributed by atoms with E-state index in [-0.39, 0.29) is 18.9 Å². The molecule has 2 amide bonds. The van der Waals surface area contributed by atoms with Crippen molar-refractivity contribution in [3.05, 3.63) is 60.6 Å². The average molecular weight is 494 g/mol. The molecule has 2 aliphatic heterocycles. The molecule has 36 heavy (non-hydrogen) atoms. The number of hydrogen-bond acceptors (Lipinski definition) is 7. The number of carbonyl (C=O) groups excluding carboxylic acids is 1. The Morgan fingerprint density at radius 1 is 1.11 bits per heavy atom. The van der Waals surface area contributed by atoms with Crippen LogP contribution in [0.15, 0.2) is 55.0 Å². The van der Waals surface area contributed by atoms with Crippen molar-refractivity contribution in [2.75, 3.05) is 11.9 Å². The summed E-state index contributed by atoms with van der Waals surface area (Å²) in [5, 5.41) is 14.7. The van der Waals surface area contributed by atoms with Crippen molar-refractivity contribution in [1.82, 2.24) is 19.9 Å². The van der Waals surface area contributed by atoms with E-state index < -0.39 is 36.8 Å². The molecular weight excluding hydrogens is 466 g/mol. The van der Waals surface area contributed by atoms with Gasteiger partial charge in [0.05, 0.1) is 18.1 Å². The average Bonchev–Trinajstić information content (AvgIpc) is 3.56. The number of hydrogen-bond donors (Lipinski definition) is 3. The third-order valence-electron chi connectivity index (χ3n) is 6.08. The zero-order valence-electron chi connectivity index (χ0n) is 19.6. The Morgan fingerprint density at radius 2 is 1.92 bits per heavy atom. The standard InChI is InChI=1S/C25H27N5O6/c1-2-26-25(33)29-16-12-13-27-23-20(16)28-14-30(23)24-22-21(17(34-24)9-10-18(31)32)35-19(36-22)11-8-15-6-4-3-5-7-15/h3-8,11-14,17,19,21-22,24H,2,9-10H2,1H3,(H,31,32)(H2,26,27,29,33)/b11-8+/t17-,19+,21?,22+,24-/m1/s1. The van der Waals surface area contributed by atoms with E-state index in [2.05, 4.69) is 20.6 Å². The maximum Gasteiger partial charge on any atom is 0.319 e. The Kier molecular flexibility index (Phi) is 6.94. The lowest BCUT2D eigenvalue weighted by Gasteiger charge is -2.20. The van der Waals surface area contributed by atoms with E-state index in [0.717, 1.165) is 5.56 Å². The zero-order chi connectivity index (χ0) is 25.1. The van der Waals surface area contributed by atoms with E-state index in [1.54, 1.807) is 23.2 Å². The highest BCUT2D eigenvalue weighted by Gasteiger charge is 2.53. The van der Waals surface area contributed by atoms with Gasteiger partial charge in [0.15, 0.2) is 18.2 Å². The van der Waals surface area contributed by atoms with Crippen LogP contribution >= 0.6 is 0 Å². The van der Waals surface area contributed by atoms with Gasteiger partial charge in [0.2, 0.25) is 0 Å². The van der Waals surface area contributed by atoms with Gasteiger partial charge in [-0.15, -0.1) is 0 Å². The summed E-state index contributed by atoms with van der Waals surface area (Å²) in [6, 6.07) is 11.1. The summed E-state index contributed by atoms with van der Waals surface area (Å²) in [6.07, 6.45) is 4.42. The minimum Gasteiger partial charge on any atom is -0.481 e. The van der Waals surface area contributed by atoms with Crippen molar-refractivity contribution in [3.63, 3.8) is 0 Å². The van der Waals surface area contributed by atoms with Gasteiger partial charge in [-0.05, 0) is 31.1 Å². The highest BCUT2D eigenvalue weighted by molar-refractivity contribution is 5.97. The molecule has 2 aromatic heterocycles. The Balaban J connectivity index is 1.41. The predicted molar refractivity (Wildman–Crippen MR) is 130 cm³/mol. The molecule has 4 heterocycles. The van der Waals surface area contributed by atoms with Gasteiger partial charge in [-0.25, -0.2) is 14.8 Å². The van der Waals surface area contributed by atoms with Crippen molar-refractivity contribution < 1.29 is 28.9 Å². The molecule has 188 valence electrons. The molecule has 11 nitrogen and oxygen atoms in total. The fraction of sp³-hybridized carbons (Fsp3) is 0.360. The van der Waals surface area contributed by atoms with Crippen LogP contribution in [0.5, 0.6) is 0 Å². The van der Waals surface area contributed by atoms with Crippen molar-refractivity contribution in [2.24, 2.45) is 0 Å². The van der Waals surface area contributed by atoms with E-state index in [9.17, 15) is 14.7 Å². The molecule has 0 saturated carbocycles. The summed E-state index contributed by atoms with van der Waals surface area (Å²) in [5.41, 5.74) is 2.51. The summed E-state index contributed by atoms with van der Waals surface area (Å²) >= 11 is 0. The first-order valence-corrected chi connectivity index (χ1v) is 11.8. The third-order valence-corrected chi connectivity index (χ3v) is 6.08. The minimum absolute atomic E-state index is 0.0575. The fourth-order valence-electron chi connectivity index (χ4n) is 4.47. The summed E-state index contributed by atoms with van der Waals surface area (Å²) < 4.78 is 20.4. The lowest BCUT2D eigenvalue weighted by molar-refractivity contribution is -0.141. The molecule has 1 unspecified atom stereocenters. The highest BCUT2D eigenvalue weighted by atomic mass is 16.8. The van der Waals surface area contributed by atoms with Gasteiger partial charge in [0, 0.05) is 19.2 Å². The van der Waals surface area contributed by atoms with Crippen LogP contribution in [-0.2, 0) is 19.0 Å². The molecular formula is C25H27N5O6. The lowest BCUT2D eigenvalue weighted by Crippen LogP contribution is -2.29. The first kappa shape index (κ1) is 23.9. The predicted octanol–water partition coefficient (Wildman–Crippen LogP) is 3.16. The number of aromatic nitrogens is 3. The lowest BCUT2D eigenvalue weighted by atomic mass is 10.1. The Hall–Kier alpha value is -3.80. The summed E-state index contributed by atoms with van der Waals surface area (Å²) in [4.78, 5) is 32.2. The number of amides is 2. The summed E-state index contributed by atoms with van der Waals surface area (Å²) in [6.45, 7) is 2.32.